The van der Waals surface area contributed by atoms with Gasteiger partial charge in [-0.2, -0.15) is 0 Å². The van der Waals surface area contributed by atoms with Gasteiger partial charge in [0.05, 0.1) is 10.4 Å². The summed E-state index contributed by atoms with van der Waals surface area (Å²) in [5.41, 5.74) is 0. The van der Waals surface area contributed by atoms with E-state index in [4.69, 9.17) is 8.85 Å². The first kappa shape index (κ1) is 21.5. The third kappa shape index (κ3) is 5.26. The molecule has 0 saturated heterocycles. The molecule has 0 fully saturated rings. The van der Waals surface area contributed by atoms with Gasteiger partial charge in [0.25, 0.3) is 0 Å². The van der Waals surface area contributed by atoms with Crippen molar-refractivity contribution in [2.45, 2.75) is 90.3 Å². The summed E-state index contributed by atoms with van der Waals surface area (Å²) in [7, 11) is -7.42. The zero-order valence-corrected chi connectivity index (χ0v) is 18.6. The zero-order valence-electron chi connectivity index (χ0n) is 15.6. The first-order valence-corrected chi connectivity index (χ1v) is 16.6. The number of hydrogen-bond acceptors (Lipinski definition) is 4. The maximum Gasteiger partial charge on any atom is 0.329 e. The smallest absolute Gasteiger partial charge is 0.329 e. The van der Waals surface area contributed by atoms with Gasteiger partial charge in [0.1, 0.15) is 0 Å². The van der Waals surface area contributed by atoms with Crippen molar-refractivity contribution in [1.82, 2.24) is 0 Å². The van der Waals surface area contributed by atoms with Crippen molar-refractivity contribution >= 4 is 25.2 Å². The van der Waals surface area contributed by atoms with Crippen LogP contribution in [0, 0.1) is 0 Å². The molecular formula is C14H36O4Si3. The fourth-order valence-corrected chi connectivity index (χ4v) is 10.6. The van der Waals surface area contributed by atoms with Crippen molar-refractivity contribution in [2.75, 3.05) is 0 Å². The maximum absolute atomic E-state index is 10.5. The van der Waals surface area contributed by atoms with Gasteiger partial charge in [0.2, 0.25) is 16.6 Å². The van der Waals surface area contributed by atoms with E-state index in [1.807, 2.05) is 26.9 Å². The molecule has 0 atom stereocenters. The van der Waals surface area contributed by atoms with Crippen molar-refractivity contribution in [3.8, 4) is 0 Å². The van der Waals surface area contributed by atoms with Gasteiger partial charge in [-0.3, -0.25) is 0 Å². The lowest BCUT2D eigenvalue weighted by atomic mass is 10.2. The highest BCUT2D eigenvalue weighted by molar-refractivity contribution is 6.78. The summed E-state index contributed by atoms with van der Waals surface area (Å²) in [6.45, 7) is 19.8. The molecular weight excluding hydrogens is 316 g/mol. The molecule has 2 N–H and O–H groups in total. The maximum atomic E-state index is 10.5. The number of rotatable bonds is 8. The van der Waals surface area contributed by atoms with E-state index in [0.717, 1.165) is 12.8 Å². The Morgan fingerprint density at radius 1 is 0.810 bits per heavy atom. The molecule has 0 amide bonds. The predicted molar refractivity (Wildman–Crippen MR) is 96.4 cm³/mol. The minimum Gasteiger partial charge on any atom is -0.429 e. The molecule has 0 unspecified atom stereocenters. The fraction of sp³-hybridized carbons (Fsp3) is 1.00. The number of hydrogen-bond donors (Lipinski definition) is 2. The lowest BCUT2D eigenvalue weighted by Crippen LogP contribution is -2.67. The molecule has 4 nitrogen and oxygen atoms in total. The van der Waals surface area contributed by atoms with Gasteiger partial charge in [-0.15, -0.1) is 0 Å². The first-order valence-electron chi connectivity index (χ1n) is 7.89. The topological polar surface area (TPSA) is 58.9 Å². The van der Waals surface area contributed by atoms with E-state index >= 15 is 0 Å². The van der Waals surface area contributed by atoms with Crippen LogP contribution in [0.3, 0.4) is 0 Å². The molecule has 0 spiro atoms. The fourth-order valence-electron chi connectivity index (χ4n) is 2.70. The van der Waals surface area contributed by atoms with E-state index in [1.54, 1.807) is 13.1 Å². The lowest BCUT2D eigenvalue weighted by molar-refractivity contribution is 0.0488. The van der Waals surface area contributed by atoms with Gasteiger partial charge in [0, 0.05) is 0 Å². The summed E-state index contributed by atoms with van der Waals surface area (Å²) in [5.74, 6) is 0. The Bertz CT molecular complexity index is 339. The van der Waals surface area contributed by atoms with Crippen LogP contribution in [0.2, 0.25) is 39.3 Å². The summed E-state index contributed by atoms with van der Waals surface area (Å²) in [4.78, 5) is 20.8. The molecule has 0 aliphatic carbocycles. The van der Waals surface area contributed by atoms with Crippen LogP contribution < -0.4 is 0 Å². The van der Waals surface area contributed by atoms with E-state index in [-0.39, 0.29) is 0 Å². The second-order valence-corrected chi connectivity index (χ2v) is 19.5. The first-order chi connectivity index (χ1) is 9.04. The van der Waals surface area contributed by atoms with Crippen LogP contribution in [0.5, 0.6) is 0 Å². The molecule has 0 saturated carbocycles. The Hall–Kier alpha value is 0.491. The van der Waals surface area contributed by atoms with Crippen LogP contribution >= 0.6 is 0 Å². The van der Waals surface area contributed by atoms with Crippen molar-refractivity contribution in [2.24, 2.45) is 0 Å². The highest BCUT2D eigenvalue weighted by Crippen LogP contribution is 2.39. The van der Waals surface area contributed by atoms with Crippen LogP contribution in [-0.2, 0) is 8.85 Å². The molecule has 0 aliphatic rings. The van der Waals surface area contributed by atoms with Crippen LogP contribution in [0.15, 0.2) is 0 Å². The molecule has 0 aromatic heterocycles. The van der Waals surface area contributed by atoms with Crippen molar-refractivity contribution in [3.63, 3.8) is 0 Å². The van der Waals surface area contributed by atoms with Gasteiger partial charge in [-0.05, 0) is 66.0 Å². The van der Waals surface area contributed by atoms with Gasteiger partial charge in [0.15, 0.2) is 0 Å². The molecule has 0 bridgehead atoms. The van der Waals surface area contributed by atoms with Crippen LogP contribution in [-0.4, -0.2) is 45.2 Å². The van der Waals surface area contributed by atoms with E-state index in [2.05, 4.69) is 26.9 Å². The van der Waals surface area contributed by atoms with Crippen LogP contribution in [0.25, 0.3) is 0 Å². The summed E-state index contributed by atoms with van der Waals surface area (Å²) in [5, 5.41) is -0.961. The summed E-state index contributed by atoms with van der Waals surface area (Å²) >= 11 is 0. The largest absolute Gasteiger partial charge is 0.429 e. The van der Waals surface area contributed by atoms with Crippen molar-refractivity contribution < 1.29 is 18.4 Å². The van der Waals surface area contributed by atoms with E-state index in [1.165, 1.54) is 0 Å². The summed E-state index contributed by atoms with van der Waals surface area (Å²) in [6.07, 6.45) is 1.62. The summed E-state index contributed by atoms with van der Waals surface area (Å²) < 4.78 is 12.7. The third-order valence-electron chi connectivity index (χ3n) is 4.67. The van der Waals surface area contributed by atoms with Gasteiger partial charge >= 0.3 is 8.56 Å². The van der Waals surface area contributed by atoms with Crippen LogP contribution in [0.1, 0.15) is 40.5 Å². The average molecular weight is 353 g/mol. The van der Waals surface area contributed by atoms with E-state index in [9.17, 15) is 9.59 Å². The van der Waals surface area contributed by atoms with E-state index in [0.29, 0.717) is 0 Å². The SMILES string of the molecule is CCC(CC)(O[Si](C)(C)O)[Si](C)(C)OC(C)(C)[Si](C)(C)O. The zero-order chi connectivity index (χ0) is 17.3. The lowest BCUT2D eigenvalue weighted by Gasteiger charge is -2.51. The minimum absolute atomic E-state index is 0.422. The summed E-state index contributed by atoms with van der Waals surface area (Å²) in [6, 6.07) is 0. The van der Waals surface area contributed by atoms with E-state index < -0.39 is 35.6 Å². The highest BCUT2D eigenvalue weighted by atomic mass is 28.4. The standard InChI is InChI=1S/C14H36O4Si3/c1-11-14(12-2,18-21(9,10)16)20(7,8)17-13(3,4)19(5,6)15/h15-16H,11-12H2,1-10H3. The molecule has 0 rings (SSSR count). The average Bonchev–Trinajstić information content (AvgIpc) is 2.21. The molecule has 0 aromatic carbocycles. The molecule has 0 aromatic rings. The normalized spacial score (nSPS) is 15.4. The minimum atomic E-state index is -2.66. The van der Waals surface area contributed by atoms with Gasteiger partial charge < -0.3 is 18.4 Å². The second-order valence-electron chi connectivity index (χ2n) is 7.93. The molecule has 128 valence electrons. The molecule has 0 heterocycles. The highest BCUT2D eigenvalue weighted by Gasteiger charge is 2.54. The Kier molecular flexibility index (Phi) is 6.70. The quantitative estimate of drug-likeness (QED) is 0.656. The van der Waals surface area contributed by atoms with Gasteiger partial charge in [-0.1, -0.05) is 13.8 Å². The molecule has 7 heteroatoms. The van der Waals surface area contributed by atoms with Crippen LogP contribution in [0.4, 0.5) is 0 Å². The molecule has 0 radical (unpaired) electrons. The Balaban J connectivity index is 5.59. The van der Waals surface area contributed by atoms with Gasteiger partial charge in [-0.25, -0.2) is 0 Å². The second kappa shape index (κ2) is 6.54. The Morgan fingerprint density at radius 2 is 1.19 bits per heavy atom. The van der Waals surface area contributed by atoms with Crippen molar-refractivity contribution in [1.29, 1.82) is 0 Å². The third-order valence-corrected chi connectivity index (χ3v) is 13.0. The monoisotopic (exact) mass is 352 g/mol. The Morgan fingerprint density at radius 3 is 1.43 bits per heavy atom. The Labute approximate surface area is 134 Å². The predicted octanol–water partition coefficient (Wildman–Crippen LogP) is 3.53. The van der Waals surface area contributed by atoms with Crippen molar-refractivity contribution in [3.05, 3.63) is 0 Å². The molecule has 21 heavy (non-hydrogen) atoms. The molecule has 0 aliphatic heterocycles.